The molecule has 2 N–H and O–H groups in total. The molecule has 1 unspecified atom stereocenters. The lowest BCUT2D eigenvalue weighted by Gasteiger charge is -2.38. The van der Waals surface area contributed by atoms with Crippen molar-refractivity contribution in [1.82, 2.24) is 19.6 Å². The van der Waals surface area contributed by atoms with Crippen LogP contribution in [0, 0.1) is 17.2 Å². The predicted octanol–water partition coefficient (Wildman–Crippen LogP) is 0.575. The summed E-state index contributed by atoms with van der Waals surface area (Å²) in [6.07, 6.45) is 2.46. The second-order valence-corrected chi connectivity index (χ2v) is 10.4. The predicted molar refractivity (Wildman–Crippen MR) is 124 cm³/mol. The number of rotatable bonds is 6. The fourth-order valence-electron chi connectivity index (χ4n) is 6.13. The van der Waals surface area contributed by atoms with Gasteiger partial charge in [0.1, 0.15) is 6.04 Å². The third kappa shape index (κ3) is 3.65. The summed E-state index contributed by atoms with van der Waals surface area (Å²) in [6, 6.07) is 8.48. The number of hydrogen-bond donors (Lipinski definition) is 1. The third-order valence-corrected chi connectivity index (χ3v) is 8.03. The lowest BCUT2D eigenvalue weighted by Crippen LogP contribution is -2.57. The molecule has 2 bridgehead atoms. The molecule has 1 aliphatic carbocycles. The van der Waals surface area contributed by atoms with E-state index in [1.807, 2.05) is 28.9 Å². The average molecular weight is 465 g/mol. The summed E-state index contributed by atoms with van der Waals surface area (Å²) in [5.41, 5.74) is 7.91. The van der Waals surface area contributed by atoms with Crippen LogP contribution in [0.1, 0.15) is 48.1 Å². The molecule has 3 aliphatic heterocycles. The average Bonchev–Trinajstić information content (AvgIpc) is 3.15. The van der Waals surface area contributed by atoms with E-state index in [0.717, 1.165) is 24.8 Å². The Labute approximate surface area is 200 Å². The van der Waals surface area contributed by atoms with Gasteiger partial charge in [-0.1, -0.05) is 12.1 Å². The minimum atomic E-state index is -0.727. The molecule has 0 radical (unpaired) electrons. The number of nitrogens with two attached hydrogens (primary N) is 1. The molecule has 4 fully saturated rings. The summed E-state index contributed by atoms with van der Waals surface area (Å²) in [6.45, 7) is 3.04. The van der Waals surface area contributed by atoms with Crippen molar-refractivity contribution < 1.29 is 14.4 Å². The molecule has 9 nitrogen and oxygen atoms in total. The third-order valence-electron chi connectivity index (χ3n) is 8.03. The van der Waals surface area contributed by atoms with Gasteiger partial charge in [0.25, 0.3) is 5.91 Å². The quantitative estimate of drug-likeness (QED) is 0.659. The highest BCUT2D eigenvalue weighted by molar-refractivity contribution is 5.94. The van der Waals surface area contributed by atoms with E-state index >= 15 is 0 Å². The molecule has 3 heterocycles. The van der Waals surface area contributed by atoms with Crippen LogP contribution in [-0.2, 0) is 9.59 Å². The monoisotopic (exact) mass is 464 g/mol. The second kappa shape index (κ2) is 8.36. The van der Waals surface area contributed by atoms with E-state index in [4.69, 9.17) is 5.73 Å². The Hall–Kier alpha value is -2.96. The van der Waals surface area contributed by atoms with Gasteiger partial charge in [0.2, 0.25) is 11.8 Å². The van der Waals surface area contributed by atoms with E-state index in [1.165, 1.54) is 0 Å². The lowest BCUT2D eigenvalue weighted by atomic mass is 10.0. The van der Waals surface area contributed by atoms with Crippen molar-refractivity contribution in [2.24, 2.45) is 11.7 Å². The van der Waals surface area contributed by atoms with Crippen LogP contribution in [0.15, 0.2) is 24.3 Å². The molecule has 1 aromatic rings. The van der Waals surface area contributed by atoms with Crippen LogP contribution in [0.4, 0.5) is 0 Å². The molecule has 9 heteroatoms. The number of likely N-dealkylation sites (tertiary alicyclic amines) is 3. The van der Waals surface area contributed by atoms with Gasteiger partial charge in [-0.2, -0.15) is 5.26 Å². The number of benzene rings is 1. The van der Waals surface area contributed by atoms with Gasteiger partial charge in [-0.05, 0) is 49.8 Å². The minimum absolute atomic E-state index is 0.0516. The van der Waals surface area contributed by atoms with Gasteiger partial charge in [-0.25, -0.2) is 0 Å². The Bertz CT molecular complexity index is 1050. The van der Waals surface area contributed by atoms with E-state index in [0.29, 0.717) is 24.6 Å². The Morgan fingerprint density at radius 3 is 2.53 bits per heavy atom. The fraction of sp³-hybridized carbons (Fsp3) is 0.600. The standard InChI is InChI=1S/C25H32N6O3/c1-14(15-4-6-16(7-5-15)23(32)28(2)3)30-19-10-22(25(30)34)29(12-19)13-20(27)24(33)31-18(11-26)8-17-9-21(17)31/h4-7,14,17-22H,8-10,12-13,27H2,1-3H3/t14-,17?,18-,19-,20-,21-,22-/m0/s1. The van der Waals surface area contributed by atoms with Crippen LogP contribution in [0.25, 0.3) is 0 Å². The Balaban J connectivity index is 1.21. The lowest BCUT2D eigenvalue weighted by molar-refractivity contribution is -0.141. The van der Waals surface area contributed by atoms with Crippen LogP contribution in [0.3, 0.4) is 0 Å². The van der Waals surface area contributed by atoms with E-state index in [-0.39, 0.29) is 47.9 Å². The molecule has 1 aromatic carbocycles. The van der Waals surface area contributed by atoms with Crippen molar-refractivity contribution in [2.75, 3.05) is 27.2 Å². The maximum atomic E-state index is 13.3. The van der Waals surface area contributed by atoms with Crippen LogP contribution >= 0.6 is 0 Å². The SMILES string of the molecule is C[C@@H](c1ccc(C(=O)N(C)C)cc1)N1C(=O)[C@@H]2C[C@H]1CN2C[C@H](N)C(=O)N1[C@H](C#N)CC2C[C@@H]21. The Kier molecular flexibility index (Phi) is 5.61. The van der Waals surface area contributed by atoms with Gasteiger partial charge in [-0.3, -0.25) is 19.3 Å². The first-order chi connectivity index (χ1) is 16.2. The summed E-state index contributed by atoms with van der Waals surface area (Å²) >= 11 is 0. The summed E-state index contributed by atoms with van der Waals surface area (Å²) in [7, 11) is 3.44. The first kappa shape index (κ1) is 22.8. The maximum Gasteiger partial charge on any atom is 0.253 e. The molecule has 0 spiro atoms. The molecule has 4 aliphatic rings. The zero-order valence-corrected chi connectivity index (χ0v) is 19.9. The van der Waals surface area contributed by atoms with Crippen LogP contribution in [-0.4, -0.2) is 94.7 Å². The number of piperazine rings is 1. The van der Waals surface area contributed by atoms with Gasteiger partial charge in [0, 0.05) is 44.8 Å². The summed E-state index contributed by atoms with van der Waals surface area (Å²) < 4.78 is 0. The number of carbonyl (C=O) groups excluding carboxylic acids is 3. The van der Waals surface area contributed by atoms with Gasteiger partial charge in [0.05, 0.1) is 24.2 Å². The maximum absolute atomic E-state index is 13.3. The number of fused-ring (bicyclic) bond motifs is 3. The highest BCUT2D eigenvalue weighted by Crippen LogP contribution is 2.48. The van der Waals surface area contributed by atoms with E-state index in [1.54, 1.807) is 36.0 Å². The van der Waals surface area contributed by atoms with Gasteiger partial charge in [-0.15, -0.1) is 0 Å². The van der Waals surface area contributed by atoms with E-state index in [2.05, 4.69) is 6.07 Å². The summed E-state index contributed by atoms with van der Waals surface area (Å²) in [5, 5.41) is 9.39. The molecule has 3 saturated heterocycles. The summed E-state index contributed by atoms with van der Waals surface area (Å²) in [4.78, 5) is 45.6. The van der Waals surface area contributed by atoms with Crippen LogP contribution in [0.5, 0.6) is 0 Å². The molecule has 34 heavy (non-hydrogen) atoms. The van der Waals surface area contributed by atoms with Gasteiger partial charge in [0.15, 0.2) is 0 Å². The van der Waals surface area contributed by atoms with E-state index in [9.17, 15) is 19.6 Å². The Morgan fingerprint density at radius 1 is 1.21 bits per heavy atom. The van der Waals surface area contributed by atoms with Gasteiger partial charge < -0.3 is 20.4 Å². The second-order valence-electron chi connectivity index (χ2n) is 10.4. The number of piperidine rings is 1. The van der Waals surface area contributed by atoms with Crippen LogP contribution in [0.2, 0.25) is 0 Å². The highest BCUT2D eigenvalue weighted by Gasteiger charge is 2.56. The smallest absolute Gasteiger partial charge is 0.253 e. The fourth-order valence-corrected chi connectivity index (χ4v) is 6.13. The zero-order chi connectivity index (χ0) is 24.3. The first-order valence-electron chi connectivity index (χ1n) is 12.1. The number of nitriles is 1. The molecule has 5 rings (SSSR count). The number of hydrogen-bond acceptors (Lipinski definition) is 6. The summed E-state index contributed by atoms with van der Waals surface area (Å²) in [5.74, 6) is 0.305. The van der Waals surface area contributed by atoms with Gasteiger partial charge >= 0.3 is 0 Å². The molecule has 1 saturated carbocycles. The number of amides is 3. The first-order valence-corrected chi connectivity index (χ1v) is 12.1. The minimum Gasteiger partial charge on any atom is -0.345 e. The van der Waals surface area contributed by atoms with Crippen molar-refractivity contribution >= 4 is 17.7 Å². The van der Waals surface area contributed by atoms with Crippen LogP contribution < -0.4 is 5.73 Å². The van der Waals surface area contributed by atoms with Crippen molar-refractivity contribution in [1.29, 1.82) is 5.26 Å². The normalized spacial score (nSPS) is 31.3. The molecule has 7 atom stereocenters. The Morgan fingerprint density at radius 2 is 1.91 bits per heavy atom. The van der Waals surface area contributed by atoms with Crippen molar-refractivity contribution in [2.45, 2.75) is 62.4 Å². The van der Waals surface area contributed by atoms with Crippen molar-refractivity contribution in [3.05, 3.63) is 35.4 Å². The molecule has 180 valence electrons. The zero-order valence-electron chi connectivity index (χ0n) is 19.9. The molecular formula is C25H32N6O3. The largest absolute Gasteiger partial charge is 0.345 e. The number of nitrogens with zero attached hydrogens (tertiary/aromatic N) is 5. The van der Waals surface area contributed by atoms with Crippen molar-refractivity contribution in [3.8, 4) is 6.07 Å². The molecule has 0 aromatic heterocycles. The van der Waals surface area contributed by atoms with Crippen molar-refractivity contribution in [3.63, 3.8) is 0 Å². The molecular weight excluding hydrogens is 432 g/mol. The molecule has 3 amide bonds. The highest BCUT2D eigenvalue weighted by atomic mass is 16.2. The van der Waals surface area contributed by atoms with E-state index < -0.39 is 6.04 Å². The number of carbonyl (C=O) groups is 3. The topological polar surface area (TPSA) is 114 Å².